The molecule has 1 aromatic carbocycles. The Bertz CT molecular complexity index is 555. The van der Waals surface area contributed by atoms with Crippen molar-refractivity contribution in [2.75, 3.05) is 11.9 Å². The summed E-state index contributed by atoms with van der Waals surface area (Å²) in [6.45, 7) is 0.460. The second-order valence-corrected chi connectivity index (χ2v) is 5.30. The number of rotatable bonds is 7. The van der Waals surface area contributed by atoms with Gasteiger partial charge in [-0.25, -0.2) is 4.79 Å². The summed E-state index contributed by atoms with van der Waals surface area (Å²) in [6.07, 6.45) is 2.20. The molecule has 21 heavy (non-hydrogen) atoms. The van der Waals surface area contributed by atoms with Crippen LogP contribution in [0.1, 0.15) is 31.2 Å². The van der Waals surface area contributed by atoms with Crippen molar-refractivity contribution in [2.45, 2.75) is 25.7 Å². The average Bonchev–Trinajstić information content (AvgIpc) is 2.42. The molecule has 0 unspecified atom stereocenters. The number of aliphatic carboxylic acids is 1. The predicted octanol–water partition coefficient (Wildman–Crippen LogP) is 3.09. The van der Waals surface area contributed by atoms with Crippen LogP contribution in [0.2, 0.25) is 0 Å². The van der Waals surface area contributed by atoms with E-state index in [0.717, 1.165) is 10.9 Å². The lowest BCUT2D eigenvalue weighted by atomic mass is 10.2. The first-order valence-corrected chi connectivity index (χ1v) is 7.28. The molecule has 1 aromatic rings. The zero-order chi connectivity index (χ0) is 15.7. The molecule has 6 nitrogen and oxygen atoms in total. The minimum atomic E-state index is -0.806. The fraction of sp³-hybridized carbons (Fsp3) is 0.357. The molecule has 0 spiro atoms. The highest BCUT2D eigenvalue weighted by Crippen LogP contribution is 2.20. The van der Waals surface area contributed by atoms with Gasteiger partial charge in [-0.05, 0) is 31.0 Å². The largest absolute Gasteiger partial charge is 0.481 e. The maximum atomic E-state index is 11.7. The van der Waals surface area contributed by atoms with E-state index < -0.39 is 5.97 Å². The highest BCUT2D eigenvalue weighted by molar-refractivity contribution is 9.10. The second kappa shape index (κ2) is 8.97. The number of halogens is 1. The zero-order valence-electron chi connectivity index (χ0n) is 11.4. The second-order valence-electron chi connectivity index (χ2n) is 4.39. The molecule has 0 aliphatic rings. The summed E-state index contributed by atoms with van der Waals surface area (Å²) in [4.78, 5) is 22.0. The van der Waals surface area contributed by atoms with Crippen molar-refractivity contribution in [2.24, 2.45) is 0 Å². The summed E-state index contributed by atoms with van der Waals surface area (Å²) in [7, 11) is 0. The SMILES string of the molecule is N#Cc1ccc(Br)cc1NC(=O)NCCCCCC(=O)O. The van der Waals surface area contributed by atoms with Gasteiger partial charge in [0.15, 0.2) is 0 Å². The number of nitrogens with zero attached hydrogens (tertiary/aromatic N) is 1. The maximum absolute atomic E-state index is 11.7. The number of carbonyl (C=O) groups is 2. The van der Waals surface area contributed by atoms with Gasteiger partial charge in [0.2, 0.25) is 0 Å². The van der Waals surface area contributed by atoms with E-state index in [0.29, 0.717) is 30.6 Å². The molecule has 0 bridgehead atoms. The molecule has 112 valence electrons. The third-order valence-electron chi connectivity index (χ3n) is 2.70. The van der Waals surface area contributed by atoms with Crippen molar-refractivity contribution in [3.8, 4) is 6.07 Å². The minimum Gasteiger partial charge on any atom is -0.481 e. The third kappa shape index (κ3) is 6.77. The summed E-state index contributed by atoms with van der Waals surface area (Å²) >= 11 is 3.28. The highest BCUT2D eigenvalue weighted by Gasteiger charge is 2.06. The standard InChI is InChI=1S/C14H16BrN3O3/c15-11-6-5-10(9-16)12(8-11)18-14(21)17-7-3-1-2-4-13(19)20/h5-6,8H,1-4,7H2,(H,19,20)(H2,17,18,21). The topological polar surface area (TPSA) is 102 Å². The Hall–Kier alpha value is -2.07. The maximum Gasteiger partial charge on any atom is 0.319 e. The summed E-state index contributed by atoms with van der Waals surface area (Å²) in [5.41, 5.74) is 0.824. The van der Waals surface area contributed by atoms with Crippen LogP contribution in [0, 0.1) is 11.3 Å². The molecule has 0 heterocycles. The lowest BCUT2D eigenvalue weighted by Gasteiger charge is -2.09. The zero-order valence-corrected chi connectivity index (χ0v) is 12.9. The Morgan fingerprint density at radius 1 is 1.29 bits per heavy atom. The fourth-order valence-corrected chi connectivity index (χ4v) is 2.02. The predicted molar refractivity (Wildman–Crippen MR) is 82.0 cm³/mol. The first-order valence-electron chi connectivity index (χ1n) is 6.49. The number of amides is 2. The fourth-order valence-electron chi connectivity index (χ4n) is 1.66. The van der Waals surface area contributed by atoms with Gasteiger partial charge >= 0.3 is 12.0 Å². The average molecular weight is 354 g/mol. The molecular formula is C14H16BrN3O3. The minimum absolute atomic E-state index is 0.149. The van der Waals surface area contributed by atoms with Crippen LogP contribution in [0.5, 0.6) is 0 Å². The summed E-state index contributed by atoms with van der Waals surface area (Å²) in [5, 5.41) is 22.7. The number of unbranched alkanes of at least 4 members (excludes halogenated alkanes) is 2. The number of carboxylic acid groups (broad SMARTS) is 1. The Morgan fingerprint density at radius 3 is 2.71 bits per heavy atom. The lowest BCUT2D eigenvalue weighted by molar-refractivity contribution is -0.137. The number of hydrogen-bond donors (Lipinski definition) is 3. The van der Waals surface area contributed by atoms with Gasteiger partial charge in [0, 0.05) is 17.4 Å². The summed E-state index contributed by atoms with van der Waals surface area (Å²) in [5.74, 6) is -0.806. The summed E-state index contributed by atoms with van der Waals surface area (Å²) < 4.78 is 0.769. The van der Waals surface area contributed by atoms with Crippen LogP contribution in [0.15, 0.2) is 22.7 Å². The van der Waals surface area contributed by atoms with Crippen LogP contribution in [0.25, 0.3) is 0 Å². The van der Waals surface area contributed by atoms with Gasteiger partial charge in [0.1, 0.15) is 6.07 Å². The molecule has 2 amide bonds. The summed E-state index contributed by atoms with van der Waals surface area (Å²) in [6, 6.07) is 6.62. The molecule has 0 saturated carbocycles. The van der Waals surface area contributed by atoms with E-state index in [1.807, 2.05) is 6.07 Å². The number of nitriles is 1. The van der Waals surface area contributed by atoms with Gasteiger partial charge in [-0.1, -0.05) is 22.4 Å². The van der Waals surface area contributed by atoms with E-state index in [9.17, 15) is 9.59 Å². The van der Waals surface area contributed by atoms with Crippen molar-refractivity contribution in [3.63, 3.8) is 0 Å². The van der Waals surface area contributed by atoms with Crippen molar-refractivity contribution in [1.29, 1.82) is 5.26 Å². The molecule has 0 aromatic heterocycles. The van der Waals surface area contributed by atoms with Gasteiger partial charge in [0.05, 0.1) is 11.3 Å². The van der Waals surface area contributed by atoms with E-state index in [1.54, 1.807) is 18.2 Å². The number of benzene rings is 1. The van der Waals surface area contributed by atoms with E-state index in [-0.39, 0.29) is 12.5 Å². The molecule has 0 radical (unpaired) electrons. The van der Waals surface area contributed by atoms with Crippen LogP contribution in [0.4, 0.5) is 10.5 Å². The lowest BCUT2D eigenvalue weighted by Crippen LogP contribution is -2.29. The number of nitrogens with one attached hydrogen (secondary N) is 2. The number of anilines is 1. The number of urea groups is 1. The van der Waals surface area contributed by atoms with Crippen molar-refractivity contribution in [1.82, 2.24) is 5.32 Å². The normalized spacial score (nSPS) is 9.71. The number of hydrogen-bond acceptors (Lipinski definition) is 3. The van der Waals surface area contributed by atoms with Crippen LogP contribution < -0.4 is 10.6 Å². The molecule has 0 aliphatic carbocycles. The molecule has 0 saturated heterocycles. The third-order valence-corrected chi connectivity index (χ3v) is 3.20. The van der Waals surface area contributed by atoms with Crippen LogP contribution in [-0.2, 0) is 4.79 Å². The van der Waals surface area contributed by atoms with E-state index in [4.69, 9.17) is 10.4 Å². The number of carbonyl (C=O) groups excluding carboxylic acids is 1. The molecule has 7 heteroatoms. The van der Waals surface area contributed by atoms with Crippen LogP contribution >= 0.6 is 15.9 Å². The van der Waals surface area contributed by atoms with Gasteiger partial charge in [0.25, 0.3) is 0 Å². The Balaban J connectivity index is 2.33. The molecule has 0 fully saturated rings. The Labute approximate surface area is 131 Å². The molecular weight excluding hydrogens is 338 g/mol. The van der Waals surface area contributed by atoms with Gasteiger partial charge < -0.3 is 15.7 Å². The van der Waals surface area contributed by atoms with E-state index >= 15 is 0 Å². The molecule has 3 N–H and O–H groups in total. The highest BCUT2D eigenvalue weighted by atomic mass is 79.9. The van der Waals surface area contributed by atoms with Gasteiger partial charge in [-0.3, -0.25) is 4.79 Å². The van der Waals surface area contributed by atoms with Crippen molar-refractivity contribution < 1.29 is 14.7 Å². The van der Waals surface area contributed by atoms with E-state index in [2.05, 4.69) is 26.6 Å². The quantitative estimate of drug-likeness (QED) is 0.655. The first kappa shape index (κ1) is 17.0. The van der Waals surface area contributed by atoms with Gasteiger partial charge in [-0.15, -0.1) is 0 Å². The molecule has 0 aliphatic heterocycles. The smallest absolute Gasteiger partial charge is 0.319 e. The monoisotopic (exact) mass is 353 g/mol. The van der Waals surface area contributed by atoms with Crippen LogP contribution in [-0.4, -0.2) is 23.7 Å². The van der Waals surface area contributed by atoms with E-state index in [1.165, 1.54) is 0 Å². The van der Waals surface area contributed by atoms with Crippen LogP contribution in [0.3, 0.4) is 0 Å². The Morgan fingerprint density at radius 2 is 2.05 bits per heavy atom. The van der Waals surface area contributed by atoms with Gasteiger partial charge in [-0.2, -0.15) is 5.26 Å². The molecule has 0 atom stereocenters. The first-order chi connectivity index (χ1) is 10.0. The number of carboxylic acids is 1. The molecule has 1 rings (SSSR count). The Kier molecular flexibility index (Phi) is 7.26. The van der Waals surface area contributed by atoms with Crippen molar-refractivity contribution >= 4 is 33.6 Å². The van der Waals surface area contributed by atoms with Crippen molar-refractivity contribution in [3.05, 3.63) is 28.2 Å².